The normalized spacial score (nSPS) is 14.1. The van der Waals surface area contributed by atoms with Crippen LogP contribution in [0.1, 0.15) is 219 Å². The summed E-state index contributed by atoms with van der Waals surface area (Å²) in [7, 11) is -4.77. The molecule has 0 heterocycles. The van der Waals surface area contributed by atoms with E-state index in [1.54, 1.807) is 0 Å². The number of carboxylic acids is 1. The van der Waals surface area contributed by atoms with Crippen LogP contribution in [0, 0.1) is 0 Å². The SMILES string of the molecule is CCCCC/C=C\C/C=C\C/C=C\CCCCCCCCCCCCC(=O)OCC(O)COP(=O)(O)OCC(NC(=O)CCCCCCCC/C=C\C/C=C\C/C=C\CCCCC)C(=O)O. The molecule has 12 heteroatoms. The molecule has 0 aliphatic rings. The lowest BCUT2D eigenvalue weighted by Gasteiger charge is -2.18. The molecule has 0 bridgehead atoms. The maximum Gasteiger partial charge on any atom is 0.472 e. The Morgan fingerprint density at radius 3 is 1.24 bits per heavy atom. The molecular formula is C54H94NO10P. The summed E-state index contributed by atoms with van der Waals surface area (Å²) in [6.07, 6.45) is 59.1. The van der Waals surface area contributed by atoms with E-state index >= 15 is 0 Å². The van der Waals surface area contributed by atoms with E-state index in [0.29, 0.717) is 12.8 Å². The van der Waals surface area contributed by atoms with E-state index in [0.717, 1.165) is 89.9 Å². The molecule has 0 saturated carbocycles. The molecule has 11 nitrogen and oxygen atoms in total. The van der Waals surface area contributed by atoms with Gasteiger partial charge in [-0.05, 0) is 89.9 Å². The number of hydrogen-bond donors (Lipinski definition) is 4. The summed E-state index contributed by atoms with van der Waals surface area (Å²) in [6.45, 7) is 2.54. The maximum absolute atomic E-state index is 12.4. The largest absolute Gasteiger partial charge is 0.480 e. The number of allylic oxidation sites excluding steroid dienone is 12. The van der Waals surface area contributed by atoms with Crippen molar-refractivity contribution in [1.29, 1.82) is 0 Å². The van der Waals surface area contributed by atoms with Gasteiger partial charge in [0.05, 0.1) is 13.2 Å². The highest BCUT2D eigenvalue weighted by molar-refractivity contribution is 7.47. The quantitative estimate of drug-likeness (QED) is 0.0199. The van der Waals surface area contributed by atoms with Crippen molar-refractivity contribution in [3.63, 3.8) is 0 Å². The van der Waals surface area contributed by atoms with Crippen LogP contribution < -0.4 is 5.32 Å². The fourth-order valence-corrected chi connectivity index (χ4v) is 7.69. The second-order valence-electron chi connectivity index (χ2n) is 17.4. The first-order valence-corrected chi connectivity index (χ1v) is 27.5. The summed E-state index contributed by atoms with van der Waals surface area (Å²) in [5.74, 6) is -2.40. The monoisotopic (exact) mass is 948 g/mol. The van der Waals surface area contributed by atoms with E-state index in [9.17, 15) is 34.1 Å². The van der Waals surface area contributed by atoms with Gasteiger partial charge in [-0.15, -0.1) is 0 Å². The molecule has 66 heavy (non-hydrogen) atoms. The van der Waals surface area contributed by atoms with E-state index in [1.165, 1.54) is 89.9 Å². The number of phosphoric ester groups is 1. The predicted octanol–water partition coefficient (Wildman–Crippen LogP) is 14.5. The molecule has 3 unspecified atom stereocenters. The molecular weight excluding hydrogens is 854 g/mol. The lowest BCUT2D eigenvalue weighted by Crippen LogP contribution is -2.43. The Bertz CT molecular complexity index is 1390. The Balaban J connectivity index is 3.85. The maximum atomic E-state index is 12.4. The average molecular weight is 948 g/mol. The molecule has 0 rings (SSSR count). The standard InChI is InChI=1S/C54H94NO10P/c1-3-5-7-9-11-13-15-17-19-21-23-24-25-26-28-30-32-34-36-38-40-42-44-46-53(58)63-47-50(56)48-64-66(61,62)65-49-51(54(59)60)55-52(57)45-43-41-39-37-35-33-31-29-27-22-20-18-16-14-12-10-8-6-4-2/h11-14,17-20,23-24,27,29,50-51,56H,3-10,15-16,21-22,25-26,28,30-49H2,1-2H3,(H,55,57)(H,59,60)(H,61,62)/b13-11-,14-12-,19-17-,20-18-,24-23-,29-27-. The van der Waals surface area contributed by atoms with Crippen molar-refractivity contribution in [2.75, 3.05) is 19.8 Å². The number of aliphatic hydroxyl groups excluding tert-OH is 1. The number of nitrogens with one attached hydrogen (secondary N) is 1. The Kier molecular flexibility index (Phi) is 46.1. The molecule has 0 fully saturated rings. The number of amides is 1. The van der Waals surface area contributed by atoms with Gasteiger partial charge in [0, 0.05) is 12.8 Å². The van der Waals surface area contributed by atoms with Crippen molar-refractivity contribution in [3.05, 3.63) is 72.9 Å². The van der Waals surface area contributed by atoms with Gasteiger partial charge in [0.15, 0.2) is 6.04 Å². The number of carbonyl (C=O) groups is 3. The van der Waals surface area contributed by atoms with Gasteiger partial charge < -0.3 is 25.2 Å². The molecule has 0 spiro atoms. The molecule has 0 radical (unpaired) electrons. The third kappa shape index (κ3) is 47.4. The number of hydrogen-bond acceptors (Lipinski definition) is 8. The average Bonchev–Trinajstić information content (AvgIpc) is 3.29. The second kappa shape index (κ2) is 48.4. The number of esters is 1. The summed E-state index contributed by atoms with van der Waals surface area (Å²) in [5, 5.41) is 21.9. The Morgan fingerprint density at radius 1 is 0.485 bits per heavy atom. The van der Waals surface area contributed by atoms with Crippen LogP contribution in [-0.4, -0.2) is 64.9 Å². The smallest absolute Gasteiger partial charge is 0.472 e. The van der Waals surface area contributed by atoms with Gasteiger partial charge in [-0.2, -0.15) is 0 Å². The van der Waals surface area contributed by atoms with E-state index in [-0.39, 0.29) is 12.8 Å². The summed E-state index contributed by atoms with van der Waals surface area (Å²) in [5.41, 5.74) is 0. The van der Waals surface area contributed by atoms with E-state index in [4.69, 9.17) is 13.8 Å². The molecule has 0 aromatic carbocycles. The minimum Gasteiger partial charge on any atom is -0.480 e. The molecule has 4 N–H and O–H groups in total. The third-order valence-electron chi connectivity index (χ3n) is 11.0. The van der Waals surface area contributed by atoms with Gasteiger partial charge in [-0.3, -0.25) is 18.6 Å². The lowest BCUT2D eigenvalue weighted by molar-refractivity contribution is -0.147. The molecule has 0 aromatic rings. The zero-order valence-corrected chi connectivity index (χ0v) is 42.4. The summed E-state index contributed by atoms with van der Waals surface area (Å²) in [6, 6.07) is -1.56. The van der Waals surface area contributed by atoms with E-state index in [1.807, 2.05) is 0 Å². The number of carbonyl (C=O) groups excluding carboxylic acids is 2. The van der Waals surface area contributed by atoms with Crippen molar-refractivity contribution >= 4 is 25.7 Å². The Hall–Kier alpha value is -3.08. The van der Waals surface area contributed by atoms with Crippen LogP contribution in [0.4, 0.5) is 0 Å². The second-order valence-corrected chi connectivity index (χ2v) is 18.8. The van der Waals surface area contributed by atoms with Crippen molar-refractivity contribution in [1.82, 2.24) is 5.32 Å². The third-order valence-corrected chi connectivity index (χ3v) is 11.9. The number of ether oxygens (including phenoxy) is 1. The molecule has 1 amide bonds. The van der Waals surface area contributed by atoms with Crippen LogP contribution in [0.3, 0.4) is 0 Å². The van der Waals surface area contributed by atoms with Gasteiger partial charge in [0.2, 0.25) is 5.91 Å². The van der Waals surface area contributed by atoms with Gasteiger partial charge in [-0.25, -0.2) is 9.36 Å². The zero-order valence-electron chi connectivity index (χ0n) is 41.5. The Labute approximate surface area is 401 Å². The summed E-state index contributed by atoms with van der Waals surface area (Å²) >= 11 is 0. The van der Waals surface area contributed by atoms with Crippen molar-refractivity contribution < 1.29 is 47.8 Å². The number of phosphoric acid groups is 1. The van der Waals surface area contributed by atoms with Crippen LogP contribution >= 0.6 is 7.82 Å². The van der Waals surface area contributed by atoms with Gasteiger partial charge in [0.25, 0.3) is 0 Å². The fourth-order valence-electron chi connectivity index (χ4n) is 6.92. The minimum atomic E-state index is -4.77. The van der Waals surface area contributed by atoms with Gasteiger partial charge in [-0.1, -0.05) is 189 Å². The van der Waals surface area contributed by atoms with Crippen LogP contribution in [0.2, 0.25) is 0 Å². The Morgan fingerprint density at radius 2 is 0.833 bits per heavy atom. The number of aliphatic hydroxyl groups is 1. The van der Waals surface area contributed by atoms with E-state index < -0.39 is 57.6 Å². The first-order chi connectivity index (χ1) is 32.1. The molecule has 0 aliphatic carbocycles. The molecule has 0 aromatic heterocycles. The molecule has 0 aliphatic heterocycles. The highest BCUT2D eigenvalue weighted by Crippen LogP contribution is 2.43. The number of rotatable bonds is 48. The lowest BCUT2D eigenvalue weighted by atomic mass is 10.1. The zero-order chi connectivity index (χ0) is 48.4. The summed E-state index contributed by atoms with van der Waals surface area (Å²) in [4.78, 5) is 46.1. The van der Waals surface area contributed by atoms with E-state index in [2.05, 4.69) is 92.1 Å². The van der Waals surface area contributed by atoms with Crippen LogP contribution in [0.15, 0.2) is 72.9 Å². The van der Waals surface area contributed by atoms with Crippen molar-refractivity contribution in [2.24, 2.45) is 0 Å². The highest BCUT2D eigenvalue weighted by Gasteiger charge is 2.28. The first-order valence-electron chi connectivity index (χ1n) is 26.0. The predicted molar refractivity (Wildman–Crippen MR) is 272 cm³/mol. The van der Waals surface area contributed by atoms with Crippen molar-refractivity contribution in [2.45, 2.75) is 231 Å². The van der Waals surface area contributed by atoms with Gasteiger partial charge >= 0.3 is 19.8 Å². The number of unbranched alkanes of at least 4 members (excludes halogenated alkanes) is 22. The van der Waals surface area contributed by atoms with Crippen LogP contribution in [0.5, 0.6) is 0 Å². The molecule has 3 atom stereocenters. The minimum absolute atomic E-state index is 0.128. The van der Waals surface area contributed by atoms with Gasteiger partial charge in [0.1, 0.15) is 12.7 Å². The molecule has 380 valence electrons. The van der Waals surface area contributed by atoms with Crippen molar-refractivity contribution in [3.8, 4) is 0 Å². The molecule has 0 saturated heterocycles. The van der Waals surface area contributed by atoms with Crippen LogP contribution in [-0.2, 0) is 32.7 Å². The number of aliphatic carboxylic acids is 1. The summed E-state index contributed by atoms with van der Waals surface area (Å²) < 4.78 is 27.0. The fraction of sp³-hybridized carbons (Fsp3) is 0.722. The van der Waals surface area contributed by atoms with Crippen LogP contribution in [0.25, 0.3) is 0 Å². The highest BCUT2D eigenvalue weighted by atomic mass is 31.2. The number of carboxylic acid groups (broad SMARTS) is 1. The topological polar surface area (TPSA) is 169 Å². The first kappa shape index (κ1) is 62.9.